The molecule has 0 saturated heterocycles. The molecule has 20 heavy (non-hydrogen) atoms. The van der Waals surface area contributed by atoms with E-state index < -0.39 is 24.1 Å². The summed E-state index contributed by atoms with van der Waals surface area (Å²) in [5, 5.41) is 0. The molecule has 0 amide bonds. The van der Waals surface area contributed by atoms with Crippen molar-refractivity contribution in [3.63, 3.8) is 0 Å². The molecule has 0 heterocycles. The van der Waals surface area contributed by atoms with Crippen molar-refractivity contribution in [1.29, 1.82) is 0 Å². The van der Waals surface area contributed by atoms with E-state index >= 15 is 0 Å². The summed E-state index contributed by atoms with van der Waals surface area (Å²) in [5.41, 5.74) is 0. The van der Waals surface area contributed by atoms with Crippen molar-refractivity contribution in [2.24, 2.45) is 11.8 Å². The Morgan fingerprint density at radius 1 is 0.600 bits per heavy atom. The van der Waals surface area contributed by atoms with E-state index in [0.29, 0.717) is 0 Å². The van der Waals surface area contributed by atoms with Crippen LogP contribution in [0.5, 0.6) is 0 Å². The first-order valence-electron chi connectivity index (χ1n) is 6.56. The summed E-state index contributed by atoms with van der Waals surface area (Å²) in [7, 11) is 0. The highest BCUT2D eigenvalue weighted by Gasteiger charge is 2.28. The Hall–Kier alpha value is -1.72. The van der Waals surface area contributed by atoms with Crippen molar-refractivity contribution in [2.75, 3.05) is 0 Å². The quantitative estimate of drug-likeness (QED) is 0.540. The van der Waals surface area contributed by atoms with E-state index in [1.807, 2.05) is 0 Å². The normalized spacial score (nSPS) is 13.8. The molecule has 2 unspecified atom stereocenters. The molecule has 0 N–H and O–H groups in total. The fraction of sp³-hybridized carbons (Fsp3) is 0.714. The van der Waals surface area contributed by atoms with Crippen LogP contribution >= 0.6 is 0 Å². The van der Waals surface area contributed by atoms with Crippen LogP contribution in [0.4, 0.5) is 0 Å². The second kappa shape index (κ2) is 7.77. The first kappa shape index (κ1) is 18.3. The van der Waals surface area contributed by atoms with Crippen LogP contribution in [0.15, 0.2) is 0 Å². The zero-order valence-corrected chi connectivity index (χ0v) is 12.8. The lowest BCUT2D eigenvalue weighted by Crippen LogP contribution is -2.35. The van der Waals surface area contributed by atoms with Gasteiger partial charge in [0.2, 0.25) is 0 Å². The molecule has 0 saturated carbocycles. The number of carbonyl (C=O) groups is 4. The van der Waals surface area contributed by atoms with Gasteiger partial charge in [-0.25, -0.2) is 9.59 Å². The van der Waals surface area contributed by atoms with Gasteiger partial charge in [-0.2, -0.15) is 0 Å². The Kier molecular flexibility index (Phi) is 7.10. The summed E-state index contributed by atoms with van der Waals surface area (Å²) in [4.78, 5) is 46.0. The Bertz CT molecular complexity index is 358. The Labute approximate surface area is 118 Å². The van der Waals surface area contributed by atoms with Gasteiger partial charge < -0.3 is 9.47 Å². The SMILES string of the molecule is CC(C)C(=O)C(C)OC(=O)C(=O)OC(C)C(=O)C(C)C. The monoisotopic (exact) mass is 286 g/mol. The third-order valence-electron chi connectivity index (χ3n) is 2.67. The number of ether oxygens (including phenoxy) is 2. The minimum Gasteiger partial charge on any atom is -0.446 e. The molecule has 0 rings (SSSR count). The topological polar surface area (TPSA) is 86.7 Å². The van der Waals surface area contributed by atoms with Gasteiger partial charge in [-0.05, 0) is 13.8 Å². The van der Waals surface area contributed by atoms with Crippen molar-refractivity contribution >= 4 is 23.5 Å². The van der Waals surface area contributed by atoms with Gasteiger partial charge in [0.25, 0.3) is 0 Å². The second-order valence-electron chi connectivity index (χ2n) is 5.21. The van der Waals surface area contributed by atoms with Crippen LogP contribution in [-0.2, 0) is 28.7 Å². The maximum absolute atomic E-state index is 11.5. The number of hydrogen-bond acceptors (Lipinski definition) is 6. The molecule has 0 spiro atoms. The van der Waals surface area contributed by atoms with Crippen LogP contribution in [0.3, 0.4) is 0 Å². The van der Waals surface area contributed by atoms with Crippen molar-refractivity contribution in [2.45, 2.75) is 53.8 Å². The van der Waals surface area contributed by atoms with Crippen molar-refractivity contribution in [3.05, 3.63) is 0 Å². The van der Waals surface area contributed by atoms with E-state index in [4.69, 9.17) is 9.47 Å². The highest BCUT2D eigenvalue weighted by atomic mass is 16.6. The summed E-state index contributed by atoms with van der Waals surface area (Å²) in [6.45, 7) is 9.41. The zero-order chi connectivity index (χ0) is 16.0. The van der Waals surface area contributed by atoms with Crippen molar-refractivity contribution in [3.8, 4) is 0 Å². The molecule has 114 valence electrons. The largest absolute Gasteiger partial charge is 0.446 e. The molecule has 0 fully saturated rings. The van der Waals surface area contributed by atoms with Gasteiger partial charge in [-0.15, -0.1) is 0 Å². The highest BCUT2D eigenvalue weighted by molar-refractivity contribution is 6.30. The van der Waals surface area contributed by atoms with Gasteiger partial charge >= 0.3 is 11.9 Å². The molecule has 2 atom stereocenters. The number of ketones is 2. The highest BCUT2D eigenvalue weighted by Crippen LogP contribution is 2.06. The fourth-order valence-corrected chi connectivity index (χ4v) is 1.47. The van der Waals surface area contributed by atoms with Crippen LogP contribution in [0, 0.1) is 11.8 Å². The average Bonchev–Trinajstić information content (AvgIpc) is 2.35. The molecule has 0 aromatic carbocycles. The summed E-state index contributed by atoms with van der Waals surface area (Å²) < 4.78 is 9.40. The lowest BCUT2D eigenvalue weighted by atomic mass is 10.1. The second-order valence-corrected chi connectivity index (χ2v) is 5.21. The molecule has 0 aliphatic carbocycles. The van der Waals surface area contributed by atoms with Gasteiger partial charge in [0.05, 0.1) is 0 Å². The average molecular weight is 286 g/mol. The van der Waals surface area contributed by atoms with Crippen LogP contribution in [0.1, 0.15) is 41.5 Å². The number of carbonyl (C=O) groups excluding carboxylic acids is 4. The van der Waals surface area contributed by atoms with Crippen LogP contribution < -0.4 is 0 Å². The number of hydrogen-bond donors (Lipinski definition) is 0. The predicted molar refractivity (Wildman–Crippen MR) is 70.8 cm³/mol. The van der Waals surface area contributed by atoms with Crippen LogP contribution in [0.2, 0.25) is 0 Å². The maximum atomic E-state index is 11.5. The van der Waals surface area contributed by atoms with Gasteiger partial charge in [-0.3, -0.25) is 9.59 Å². The lowest BCUT2D eigenvalue weighted by Gasteiger charge is -2.16. The third-order valence-corrected chi connectivity index (χ3v) is 2.67. The van der Waals surface area contributed by atoms with E-state index in [1.54, 1.807) is 27.7 Å². The molecule has 6 nitrogen and oxygen atoms in total. The summed E-state index contributed by atoms with van der Waals surface area (Å²) in [5.74, 6) is -3.75. The lowest BCUT2D eigenvalue weighted by molar-refractivity contribution is -0.175. The van der Waals surface area contributed by atoms with Crippen LogP contribution in [-0.4, -0.2) is 35.7 Å². The fourth-order valence-electron chi connectivity index (χ4n) is 1.47. The van der Waals surface area contributed by atoms with Gasteiger partial charge in [0, 0.05) is 11.8 Å². The molecule has 0 aromatic heterocycles. The van der Waals surface area contributed by atoms with E-state index in [2.05, 4.69) is 0 Å². The summed E-state index contributed by atoms with van der Waals surface area (Å²) in [6.07, 6.45) is -2.04. The standard InChI is InChI=1S/C14H22O6/c1-7(2)11(15)9(5)19-13(17)14(18)20-10(6)12(16)8(3)4/h7-10H,1-6H3. The predicted octanol–water partition coefficient (Wildman–Crippen LogP) is 1.30. The Morgan fingerprint density at radius 3 is 1.05 bits per heavy atom. The minimum atomic E-state index is -1.27. The number of rotatable bonds is 6. The summed E-state index contributed by atoms with van der Waals surface area (Å²) >= 11 is 0. The smallest absolute Gasteiger partial charge is 0.418 e. The molecule has 6 heteroatoms. The van der Waals surface area contributed by atoms with Crippen molar-refractivity contribution in [1.82, 2.24) is 0 Å². The zero-order valence-electron chi connectivity index (χ0n) is 12.8. The molecule has 0 radical (unpaired) electrons. The van der Waals surface area contributed by atoms with E-state index in [9.17, 15) is 19.2 Å². The van der Waals surface area contributed by atoms with E-state index in [1.165, 1.54) is 13.8 Å². The molecular formula is C14H22O6. The Balaban J connectivity index is 4.47. The maximum Gasteiger partial charge on any atom is 0.418 e. The van der Waals surface area contributed by atoms with Gasteiger partial charge in [0.1, 0.15) is 0 Å². The molecule has 0 bridgehead atoms. The molecular weight excluding hydrogens is 264 g/mol. The number of Topliss-reactive ketones (excluding diaryl/α,β-unsaturated/α-hetero) is 2. The molecule has 0 aromatic rings. The minimum absolute atomic E-state index is 0.294. The summed E-state index contributed by atoms with van der Waals surface area (Å²) in [6, 6.07) is 0. The van der Waals surface area contributed by atoms with Gasteiger partial charge in [-0.1, -0.05) is 27.7 Å². The van der Waals surface area contributed by atoms with E-state index in [-0.39, 0.29) is 23.4 Å². The van der Waals surface area contributed by atoms with Gasteiger partial charge in [0.15, 0.2) is 23.8 Å². The first-order chi connectivity index (χ1) is 9.07. The first-order valence-corrected chi connectivity index (χ1v) is 6.56. The molecule has 0 aliphatic rings. The van der Waals surface area contributed by atoms with Crippen LogP contribution in [0.25, 0.3) is 0 Å². The number of esters is 2. The van der Waals surface area contributed by atoms with Crippen molar-refractivity contribution < 1.29 is 28.7 Å². The molecule has 0 aliphatic heterocycles. The third kappa shape index (κ3) is 5.50. The Morgan fingerprint density at radius 2 is 0.850 bits per heavy atom. The van der Waals surface area contributed by atoms with E-state index in [0.717, 1.165) is 0 Å².